The lowest BCUT2D eigenvalue weighted by Gasteiger charge is -2.19. The van der Waals surface area contributed by atoms with Crippen molar-refractivity contribution >= 4 is 35.0 Å². The van der Waals surface area contributed by atoms with Crippen LogP contribution >= 0.6 is 11.6 Å². The first-order chi connectivity index (χ1) is 9.72. The van der Waals surface area contributed by atoms with Gasteiger partial charge >= 0.3 is 0 Å². The van der Waals surface area contributed by atoms with E-state index < -0.39 is 47.0 Å². The van der Waals surface area contributed by atoms with Crippen molar-refractivity contribution in [1.82, 2.24) is 9.88 Å². The summed E-state index contributed by atoms with van der Waals surface area (Å²) in [5.74, 6) is -2.80. The molecule has 1 aromatic heterocycles. The number of carbonyl (C=O) groups is 3. The number of amides is 3. The average Bonchev–Trinajstić information content (AvgIpc) is 2.35. The van der Waals surface area contributed by atoms with Gasteiger partial charge < -0.3 is 16.4 Å². The van der Waals surface area contributed by atoms with E-state index in [1.165, 1.54) is 0 Å². The van der Waals surface area contributed by atoms with Crippen LogP contribution in [-0.4, -0.2) is 45.6 Å². The summed E-state index contributed by atoms with van der Waals surface area (Å²) in [6.07, 6.45) is 0.794. The Balaban J connectivity index is 3.24. The Labute approximate surface area is 122 Å². The van der Waals surface area contributed by atoms with Crippen molar-refractivity contribution in [1.29, 1.82) is 0 Å². The summed E-state index contributed by atoms with van der Waals surface area (Å²) in [5.41, 5.74) is 8.86. The van der Waals surface area contributed by atoms with E-state index in [1.54, 1.807) is 0 Å². The number of carbonyl (C=O) groups excluding carboxylic acids is 3. The molecule has 0 aliphatic rings. The summed E-state index contributed by atoms with van der Waals surface area (Å²) in [4.78, 5) is 48.3. The minimum atomic E-state index is -0.983. The average molecular weight is 316 g/mol. The largest absolute Gasteiger partial charge is 0.368 e. The molecule has 0 aliphatic carbocycles. The van der Waals surface area contributed by atoms with E-state index in [2.05, 4.69) is 4.98 Å². The van der Waals surface area contributed by atoms with E-state index in [-0.39, 0.29) is 5.15 Å². The van der Waals surface area contributed by atoms with Crippen LogP contribution in [0.5, 0.6) is 0 Å². The normalized spacial score (nSPS) is 9.95. The maximum absolute atomic E-state index is 12.2. The number of pyridine rings is 1. The number of aromatic nitrogens is 1. The Kier molecular flexibility index (Phi) is 5.13. The number of nitrogens with two attached hydrogens (primary N) is 2. The zero-order valence-electron chi connectivity index (χ0n) is 10.5. The highest BCUT2D eigenvalue weighted by atomic mass is 35.5. The van der Waals surface area contributed by atoms with Gasteiger partial charge in [0.15, 0.2) is 0 Å². The van der Waals surface area contributed by atoms with E-state index in [0.717, 1.165) is 12.3 Å². The Bertz CT molecular complexity index is 604. The van der Waals surface area contributed by atoms with E-state index in [4.69, 9.17) is 23.1 Å². The molecule has 0 saturated heterocycles. The van der Waals surface area contributed by atoms with Gasteiger partial charge in [-0.1, -0.05) is 11.6 Å². The molecule has 0 aliphatic heterocycles. The van der Waals surface area contributed by atoms with Gasteiger partial charge in [-0.15, -0.1) is 0 Å². The Morgan fingerprint density at radius 2 is 1.81 bits per heavy atom. The third kappa shape index (κ3) is 4.38. The van der Waals surface area contributed by atoms with Crippen LogP contribution in [-0.2, 0) is 9.59 Å². The standard InChI is InChI=1S/C10H10ClN5O5/c11-7-1-5(6(2-14-7)16(20)21)10(19)15(3-8(12)17)4-9(13)18/h1-2H,3-4H2,(H2,12,17)(H2,13,18). The zero-order chi connectivity index (χ0) is 16.2. The van der Waals surface area contributed by atoms with E-state index in [9.17, 15) is 24.5 Å². The fraction of sp³-hybridized carbons (Fsp3) is 0.200. The fourth-order valence-electron chi connectivity index (χ4n) is 1.49. The Morgan fingerprint density at radius 3 is 2.24 bits per heavy atom. The van der Waals surface area contributed by atoms with Crippen molar-refractivity contribution in [2.45, 2.75) is 0 Å². The van der Waals surface area contributed by atoms with Crippen LogP contribution in [0.2, 0.25) is 5.15 Å². The van der Waals surface area contributed by atoms with Crippen molar-refractivity contribution in [3.8, 4) is 0 Å². The van der Waals surface area contributed by atoms with Crippen molar-refractivity contribution in [2.24, 2.45) is 11.5 Å². The number of hydrogen-bond acceptors (Lipinski definition) is 6. The monoisotopic (exact) mass is 315 g/mol. The van der Waals surface area contributed by atoms with Gasteiger partial charge in [0.2, 0.25) is 11.8 Å². The van der Waals surface area contributed by atoms with E-state index >= 15 is 0 Å². The number of nitrogens with zero attached hydrogens (tertiary/aromatic N) is 3. The van der Waals surface area contributed by atoms with Crippen LogP contribution in [0.3, 0.4) is 0 Å². The van der Waals surface area contributed by atoms with E-state index in [0.29, 0.717) is 4.90 Å². The summed E-state index contributed by atoms with van der Waals surface area (Å²) in [5, 5.41) is 10.7. The SMILES string of the molecule is NC(=O)CN(CC(N)=O)C(=O)c1cc(Cl)ncc1[N+](=O)[O-]. The van der Waals surface area contributed by atoms with Crippen molar-refractivity contribution in [3.63, 3.8) is 0 Å². The summed E-state index contributed by atoms with van der Waals surface area (Å²) in [6, 6.07) is 0.955. The molecule has 1 heterocycles. The quantitative estimate of drug-likeness (QED) is 0.390. The highest BCUT2D eigenvalue weighted by Gasteiger charge is 2.27. The molecule has 0 unspecified atom stereocenters. The lowest BCUT2D eigenvalue weighted by Crippen LogP contribution is -2.43. The molecule has 0 radical (unpaired) electrons. The van der Waals surface area contributed by atoms with Gasteiger partial charge in [0.1, 0.15) is 30.0 Å². The smallest absolute Gasteiger partial charge is 0.300 e. The van der Waals surface area contributed by atoms with Gasteiger partial charge in [0, 0.05) is 0 Å². The third-order valence-electron chi connectivity index (χ3n) is 2.26. The lowest BCUT2D eigenvalue weighted by atomic mass is 10.2. The fourth-order valence-corrected chi connectivity index (χ4v) is 1.64. The van der Waals surface area contributed by atoms with Crippen LogP contribution in [0.15, 0.2) is 12.3 Å². The Hall–Kier alpha value is -2.75. The molecule has 1 rings (SSSR count). The second kappa shape index (κ2) is 6.61. The molecule has 0 saturated carbocycles. The first kappa shape index (κ1) is 16.3. The highest BCUT2D eigenvalue weighted by Crippen LogP contribution is 2.21. The number of nitro groups is 1. The molecular weight excluding hydrogens is 306 g/mol. The van der Waals surface area contributed by atoms with Crippen molar-refractivity contribution < 1.29 is 19.3 Å². The predicted molar refractivity (Wildman–Crippen MR) is 70.2 cm³/mol. The van der Waals surface area contributed by atoms with Crippen LogP contribution < -0.4 is 11.5 Å². The number of primary amides is 2. The maximum Gasteiger partial charge on any atom is 0.300 e. The van der Waals surface area contributed by atoms with Crippen LogP contribution in [0.25, 0.3) is 0 Å². The lowest BCUT2D eigenvalue weighted by molar-refractivity contribution is -0.385. The molecule has 0 bridgehead atoms. The maximum atomic E-state index is 12.2. The molecule has 1 aromatic rings. The van der Waals surface area contributed by atoms with Crippen molar-refractivity contribution in [2.75, 3.05) is 13.1 Å². The molecule has 3 amide bonds. The second-order valence-corrected chi connectivity index (χ2v) is 4.26. The minimum absolute atomic E-state index is 0.165. The summed E-state index contributed by atoms with van der Waals surface area (Å²) < 4.78 is 0. The van der Waals surface area contributed by atoms with Gasteiger partial charge in [-0.05, 0) is 6.07 Å². The molecule has 0 fully saturated rings. The highest BCUT2D eigenvalue weighted by molar-refractivity contribution is 6.29. The molecule has 0 aromatic carbocycles. The number of rotatable bonds is 6. The molecule has 0 atom stereocenters. The first-order valence-corrected chi connectivity index (χ1v) is 5.76. The molecular formula is C10H10ClN5O5. The van der Waals surface area contributed by atoms with Crippen molar-refractivity contribution in [3.05, 3.63) is 33.1 Å². The second-order valence-electron chi connectivity index (χ2n) is 3.88. The molecule has 4 N–H and O–H groups in total. The van der Waals surface area contributed by atoms with Gasteiger partial charge in [-0.25, -0.2) is 4.98 Å². The van der Waals surface area contributed by atoms with Gasteiger partial charge in [0.05, 0.1) is 4.92 Å². The first-order valence-electron chi connectivity index (χ1n) is 5.38. The van der Waals surface area contributed by atoms with Crippen LogP contribution in [0.1, 0.15) is 10.4 Å². The minimum Gasteiger partial charge on any atom is -0.368 e. The number of halogens is 1. The summed E-state index contributed by atoms with van der Waals surface area (Å²) >= 11 is 5.59. The molecule has 21 heavy (non-hydrogen) atoms. The molecule has 112 valence electrons. The van der Waals surface area contributed by atoms with Gasteiger partial charge in [-0.3, -0.25) is 24.5 Å². The van der Waals surface area contributed by atoms with Gasteiger partial charge in [-0.2, -0.15) is 0 Å². The Morgan fingerprint density at radius 1 is 1.29 bits per heavy atom. The van der Waals surface area contributed by atoms with Crippen LogP contribution in [0.4, 0.5) is 5.69 Å². The van der Waals surface area contributed by atoms with E-state index in [1.807, 2.05) is 0 Å². The molecule has 10 nitrogen and oxygen atoms in total. The molecule has 11 heteroatoms. The zero-order valence-corrected chi connectivity index (χ0v) is 11.2. The molecule has 0 spiro atoms. The topological polar surface area (TPSA) is 163 Å². The summed E-state index contributed by atoms with van der Waals surface area (Å²) in [6.45, 7) is -1.25. The summed E-state index contributed by atoms with van der Waals surface area (Å²) in [7, 11) is 0. The van der Waals surface area contributed by atoms with Crippen LogP contribution in [0, 0.1) is 10.1 Å². The third-order valence-corrected chi connectivity index (χ3v) is 2.46. The predicted octanol–water partition coefficient (Wildman–Crippen LogP) is -0.944. The number of hydrogen-bond donors (Lipinski definition) is 2. The van der Waals surface area contributed by atoms with Gasteiger partial charge in [0.25, 0.3) is 11.6 Å².